The number of piperidine rings is 1. The molecule has 1 saturated heterocycles. The number of likely N-dealkylation sites (tertiary alicyclic amines) is 1. The molecule has 0 aromatic carbocycles. The van der Waals surface area contributed by atoms with Crippen LogP contribution in [0, 0.1) is 6.92 Å². The molecule has 2 aromatic heterocycles. The Labute approximate surface area is 118 Å². The molecule has 1 atom stereocenters. The molecule has 3 heterocycles. The third kappa shape index (κ3) is 2.48. The highest BCUT2D eigenvalue weighted by Gasteiger charge is 2.29. The summed E-state index contributed by atoms with van der Waals surface area (Å²) in [5.41, 5.74) is 0.678. The molecule has 3 rings (SSSR count). The number of aryl methyl sites for hydroxylation is 1. The van der Waals surface area contributed by atoms with Crippen molar-refractivity contribution in [3.63, 3.8) is 0 Å². The van der Waals surface area contributed by atoms with Crippen LogP contribution < -0.4 is 0 Å². The molecule has 0 spiro atoms. The average molecular weight is 273 g/mol. The first-order valence-corrected chi connectivity index (χ1v) is 7.08. The topological polar surface area (TPSA) is 51.3 Å². The molecule has 1 aliphatic rings. The Morgan fingerprint density at radius 1 is 1.50 bits per heavy atom. The van der Waals surface area contributed by atoms with Crippen LogP contribution in [0.2, 0.25) is 0 Å². The van der Waals surface area contributed by atoms with Crippen LogP contribution in [0.5, 0.6) is 0 Å². The summed E-state index contributed by atoms with van der Waals surface area (Å²) >= 11 is 0. The lowest BCUT2D eigenvalue weighted by atomic mass is 10.0. The largest absolute Gasteiger partial charge is 0.469 e. The molecule has 0 unspecified atom stereocenters. The molecule has 0 N–H and O–H groups in total. The molecule has 1 amide bonds. The summed E-state index contributed by atoms with van der Waals surface area (Å²) < 4.78 is 7.15. The van der Waals surface area contributed by atoms with Crippen molar-refractivity contribution >= 4 is 5.91 Å². The third-order valence-electron chi connectivity index (χ3n) is 3.93. The normalized spacial score (nSPS) is 19.2. The highest BCUT2D eigenvalue weighted by atomic mass is 16.3. The van der Waals surface area contributed by atoms with E-state index in [1.807, 2.05) is 28.8 Å². The maximum absolute atomic E-state index is 12.7. The molecule has 1 fully saturated rings. The molecular weight excluding hydrogens is 254 g/mol. The van der Waals surface area contributed by atoms with Gasteiger partial charge < -0.3 is 9.32 Å². The van der Waals surface area contributed by atoms with Gasteiger partial charge in [0.25, 0.3) is 5.91 Å². The molecular formula is C15H19N3O2. The lowest BCUT2D eigenvalue weighted by Crippen LogP contribution is -2.46. The Bertz CT molecular complexity index is 574. The van der Waals surface area contributed by atoms with E-state index in [2.05, 4.69) is 5.10 Å². The highest BCUT2D eigenvalue weighted by molar-refractivity contribution is 5.95. The Morgan fingerprint density at radius 3 is 3.10 bits per heavy atom. The monoisotopic (exact) mass is 273 g/mol. The van der Waals surface area contributed by atoms with E-state index in [9.17, 15) is 4.79 Å². The number of hydrogen-bond acceptors (Lipinski definition) is 3. The zero-order valence-electron chi connectivity index (χ0n) is 11.7. The van der Waals surface area contributed by atoms with Crippen LogP contribution in [0.3, 0.4) is 0 Å². The number of carbonyl (C=O) groups excluding carboxylic acids is 1. The Balaban J connectivity index is 1.78. The Morgan fingerprint density at radius 2 is 2.40 bits per heavy atom. The fraction of sp³-hybridized carbons (Fsp3) is 0.467. The predicted molar refractivity (Wildman–Crippen MR) is 74.3 cm³/mol. The van der Waals surface area contributed by atoms with E-state index in [0.717, 1.165) is 25.9 Å². The maximum Gasteiger partial charge on any atom is 0.257 e. The molecule has 0 saturated carbocycles. The smallest absolute Gasteiger partial charge is 0.257 e. The Hall–Kier alpha value is -2.04. The predicted octanol–water partition coefficient (Wildman–Crippen LogP) is 2.48. The lowest BCUT2D eigenvalue weighted by Gasteiger charge is -2.35. The first-order valence-electron chi connectivity index (χ1n) is 7.08. The SMILES string of the molecule is Cc1occc1C(=O)N1CCCC[C@@H]1Cn1cccn1. The van der Waals surface area contributed by atoms with Crippen molar-refractivity contribution < 1.29 is 9.21 Å². The van der Waals surface area contributed by atoms with Crippen LogP contribution in [-0.4, -0.2) is 33.2 Å². The molecule has 20 heavy (non-hydrogen) atoms. The summed E-state index contributed by atoms with van der Waals surface area (Å²) in [7, 11) is 0. The number of hydrogen-bond donors (Lipinski definition) is 0. The van der Waals surface area contributed by atoms with Gasteiger partial charge in [-0.3, -0.25) is 9.48 Å². The van der Waals surface area contributed by atoms with Gasteiger partial charge in [-0.2, -0.15) is 5.10 Å². The molecule has 1 aliphatic heterocycles. The standard InChI is InChI=1S/C15H19N3O2/c1-12-14(6-10-20-12)15(19)18-9-3-2-5-13(18)11-17-8-4-7-16-17/h4,6-8,10,13H,2-3,5,9,11H2,1H3/t13-/m1/s1. The van der Waals surface area contributed by atoms with Gasteiger partial charge in [-0.25, -0.2) is 0 Å². The van der Waals surface area contributed by atoms with E-state index in [0.29, 0.717) is 11.3 Å². The second kappa shape index (κ2) is 5.53. The van der Waals surface area contributed by atoms with Crippen LogP contribution in [-0.2, 0) is 6.54 Å². The van der Waals surface area contributed by atoms with Crippen molar-refractivity contribution in [2.75, 3.05) is 6.54 Å². The first kappa shape index (κ1) is 13.0. The van der Waals surface area contributed by atoms with Crippen LogP contribution in [0.4, 0.5) is 0 Å². The van der Waals surface area contributed by atoms with Crippen molar-refractivity contribution in [2.24, 2.45) is 0 Å². The van der Waals surface area contributed by atoms with E-state index < -0.39 is 0 Å². The van der Waals surface area contributed by atoms with Gasteiger partial charge in [0.2, 0.25) is 0 Å². The quantitative estimate of drug-likeness (QED) is 0.863. The summed E-state index contributed by atoms with van der Waals surface area (Å²) in [6.45, 7) is 3.41. The van der Waals surface area contributed by atoms with E-state index in [-0.39, 0.29) is 11.9 Å². The second-order valence-corrected chi connectivity index (χ2v) is 5.27. The van der Waals surface area contributed by atoms with Gasteiger partial charge in [-0.1, -0.05) is 0 Å². The zero-order valence-corrected chi connectivity index (χ0v) is 11.7. The first-order chi connectivity index (χ1) is 9.75. The summed E-state index contributed by atoms with van der Waals surface area (Å²) in [5, 5.41) is 4.24. The van der Waals surface area contributed by atoms with Crippen LogP contribution in [0.1, 0.15) is 35.4 Å². The molecule has 5 heteroatoms. The van der Waals surface area contributed by atoms with Crippen LogP contribution in [0.25, 0.3) is 0 Å². The minimum absolute atomic E-state index is 0.0770. The molecule has 5 nitrogen and oxygen atoms in total. The third-order valence-corrected chi connectivity index (χ3v) is 3.93. The number of amides is 1. The molecule has 106 valence electrons. The van der Waals surface area contributed by atoms with Crippen molar-refractivity contribution in [1.82, 2.24) is 14.7 Å². The van der Waals surface area contributed by atoms with Gasteiger partial charge in [-0.15, -0.1) is 0 Å². The second-order valence-electron chi connectivity index (χ2n) is 5.27. The van der Waals surface area contributed by atoms with E-state index in [1.165, 1.54) is 6.42 Å². The summed E-state index contributed by atoms with van der Waals surface area (Å²) in [4.78, 5) is 14.6. The summed E-state index contributed by atoms with van der Waals surface area (Å²) in [5.74, 6) is 0.770. The van der Waals surface area contributed by atoms with Crippen LogP contribution >= 0.6 is 0 Å². The lowest BCUT2D eigenvalue weighted by molar-refractivity contribution is 0.0582. The number of nitrogens with zero attached hydrogens (tertiary/aromatic N) is 3. The van der Waals surface area contributed by atoms with Crippen LogP contribution in [0.15, 0.2) is 35.2 Å². The molecule has 0 radical (unpaired) electrons. The van der Waals surface area contributed by atoms with Gasteiger partial charge in [-0.05, 0) is 38.3 Å². The Kier molecular flexibility index (Phi) is 3.58. The van der Waals surface area contributed by atoms with Gasteiger partial charge in [0.1, 0.15) is 5.76 Å². The number of rotatable bonds is 3. The fourth-order valence-corrected chi connectivity index (χ4v) is 2.84. The number of furan rings is 1. The maximum atomic E-state index is 12.7. The van der Waals surface area contributed by atoms with Crippen molar-refractivity contribution in [3.05, 3.63) is 42.1 Å². The summed E-state index contributed by atoms with van der Waals surface area (Å²) in [6.07, 6.45) is 8.56. The highest BCUT2D eigenvalue weighted by Crippen LogP contribution is 2.22. The molecule has 0 bridgehead atoms. The van der Waals surface area contributed by atoms with E-state index >= 15 is 0 Å². The molecule has 0 aliphatic carbocycles. The average Bonchev–Trinajstić information content (AvgIpc) is 3.10. The number of carbonyl (C=O) groups is 1. The van der Waals surface area contributed by atoms with Gasteiger partial charge in [0, 0.05) is 18.9 Å². The van der Waals surface area contributed by atoms with E-state index in [1.54, 1.807) is 18.5 Å². The van der Waals surface area contributed by atoms with Crippen molar-refractivity contribution in [1.29, 1.82) is 0 Å². The van der Waals surface area contributed by atoms with Gasteiger partial charge in [0.05, 0.1) is 24.4 Å². The minimum Gasteiger partial charge on any atom is -0.469 e. The molecule has 2 aromatic rings. The summed E-state index contributed by atoms with van der Waals surface area (Å²) in [6, 6.07) is 3.89. The fourth-order valence-electron chi connectivity index (χ4n) is 2.84. The van der Waals surface area contributed by atoms with Gasteiger partial charge >= 0.3 is 0 Å². The van der Waals surface area contributed by atoms with Gasteiger partial charge in [0.15, 0.2) is 0 Å². The van der Waals surface area contributed by atoms with Crippen molar-refractivity contribution in [2.45, 2.75) is 38.8 Å². The number of aromatic nitrogens is 2. The van der Waals surface area contributed by atoms with Crippen molar-refractivity contribution in [3.8, 4) is 0 Å². The minimum atomic E-state index is 0.0770. The zero-order chi connectivity index (χ0) is 13.9. The van der Waals surface area contributed by atoms with E-state index in [4.69, 9.17) is 4.42 Å².